The van der Waals surface area contributed by atoms with E-state index in [-0.39, 0.29) is 0 Å². The van der Waals surface area contributed by atoms with Gasteiger partial charge in [0.05, 0.1) is 12.0 Å². The molecule has 0 aliphatic heterocycles. The molecule has 1 aliphatic carbocycles. The molecule has 120 valence electrons. The van der Waals surface area contributed by atoms with Gasteiger partial charge < -0.3 is 10.1 Å². The fourth-order valence-electron chi connectivity index (χ4n) is 2.67. The number of unbranched alkanes of at least 4 members (excludes halogenated alkanes) is 1. The SMILES string of the molecule is CCCCOc1ccc(Nc2nc3c(cc2C)=CCCC=3)cc1. The summed E-state index contributed by atoms with van der Waals surface area (Å²) < 4.78 is 5.70. The van der Waals surface area contributed by atoms with Crippen molar-refractivity contribution in [2.75, 3.05) is 11.9 Å². The summed E-state index contributed by atoms with van der Waals surface area (Å²) in [5.41, 5.74) is 2.20. The monoisotopic (exact) mass is 308 g/mol. The van der Waals surface area contributed by atoms with Crippen LogP contribution >= 0.6 is 0 Å². The van der Waals surface area contributed by atoms with Gasteiger partial charge in [0, 0.05) is 5.69 Å². The van der Waals surface area contributed by atoms with E-state index in [2.05, 4.69) is 37.4 Å². The van der Waals surface area contributed by atoms with Crippen LogP contribution in [0.15, 0.2) is 30.3 Å². The Balaban J connectivity index is 1.75. The summed E-state index contributed by atoms with van der Waals surface area (Å²) in [6.07, 6.45) is 8.90. The van der Waals surface area contributed by atoms with E-state index in [9.17, 15) is 0 Å². The summed E-state index contributed by atoms with van der Waals surface area (Å²) in [4.78, 5) is 4.76. The Hall–Kier alpha value is -2.29. The van der Waals surface area contributed by atoms with Crippen LogP contribution in [-0.2, 0) is 0 Å². The summed E-state index contributed by atoms with van der Waals surface area (Å²) >= 11 is 0. The van der Waals surface area contributed by atoms with Gasteiger partial charge in [-0.15, -0.1) is 0 Å². The van der Waals surface area contributed by atoms with Crippen LogP contribution in [0.2, 0.25) is 0 Å². The van der Waals surface area contributed by atoms with Crippen molar-refractivity contribution in [1.29, 1.82) is 0 Å². The molecule has 0 saturated heterocycles. The van der Waals surface area contributed by atoms with Crippen LogP contribution in [0.1, 0.15) is 38.2 Å². The molecule has 0 fully saturated rings. The van der Waals surface area contributed by atoms with Crippen LogP contribution in [-0.4, -0.2) is 11.6 Å². The summed E-state index contributed by atoms with van der Waals surface area (Å²) in [6.45, 7) is 5.04. The van der Waals surface area contributed by atoms with Gasteiger partial charge in [0.2, 0.25) is 0 Å². The van der Waals surface area contributed by atoms with Crippen molar-refractivity contribution in [3.05, 3.63) is 46.5 Å². The number of aromatic nitrogens is 1. The molecule has 23 heavy (non-hydrogen) atoms. The molecule has 2 aromatic rings. The lowest BCUT2D eigenvalue weighted by molar-refractivity contribution is 0.309. The van der Waals surface area contributed by atoms with Crippen LogP contribution in [0.5, 0.6) is 5.75 Å². The maximum Gasteiger partial charge on any atom is 0.133 e. The summed E-state index contributed by atoms with van der Waals surface area (Å²) in [5, 5.41) is 5.75. The van der Waals surface area contributed by atoms with Crippen LogP contribution in [0.25, 0.3) is 12.2 Å². The molecule has 0 radical (unpaired) electrons. The predicted molar refractivity (Wildman–Crippen MR) is 96.5 cm³/mol. The number of benzene rings is 1. The average Bonchev–Trinajstić information content (AvgIpc) is 2.57. The van der Waals surface area contributed by atoms with Crippen molar-refractivity contribution < 1.29 is 4.74 Å². The molecular formula is C20H24N2O. The van der Waals surface area contributed by atoms with Crippen molar-refractivity contribution >= 4 is 23.7 Å². The highest BCUT2D eigenvalue weighted by Crippen LogP contribution is 2.20. The number of nitrogens with one attached hydrogen (secondary N) is 1. The van der Waals surface area contributed by atoms with E-state index < -0.39 is 0 Å². The zero-order valence-electron chi connectivity index (χ0n) is 13.9. The molecule has 0 amide bonds. The van der Waals surface area contributed by atoms with E-state index in [0.29, 0.717) is 0 Å². The number of anilines is 2. The van der Waals surface area contributed by atoms with E-state index in [1.54, 1.807) is 0 Å². The van der Waals surface area contributed by atoms with Crippen LogP contribution < -0.4 is 20.6 Å². The fraction of sp³-hybridized carbons (Fsp3) is 0.350. The molecular weight excluding hydrogens is 284 g/mol. The minimum Gasteiger partial charge on any atom is -0.494 e. The number of hydrogen-bond acceptors (Lipinski definition) is 3. The number of aryl methyl sites for hydroxylation is 1. The van der Waals surface area contributed by atoms with Gasteiger partial charge in [-0.2, -0.15) is 0 Å². The van der Waals surface area contributed by atoms with Crippen molar-refractivity contribution in [2.24, 2.45) is 0 Å². The number of fused-ring (bicyclic) bond motifs is 1. The van der Waals surface area contributed by atoms with E-state index in [1.165, 1.54) is 10.8 Å². The molecule has 3 heteroatoms. The molecule has 3 nitrogen and oxygen atoms in total. The van der Waals surface area contributed by atoms with Gasteiger partial charge in [0.15, 0.2) is 0 Å². The van der Waals surface area contributed by atoms with Gasteiger partial charge in [-0.25, -0.2) is 4.98 Å². The maximum absolute atomic E-state index is 5.70. The van der Waals surface area contributed by atoms with Gasteiger partial charge in [0.1, 0.15) is 11.6 Å². The first-order valence-electron chi connectivity index (χ1n) is 8.44. The number of rotatable bonds is 6. The van der Waals surface area contributed by atoms with E-state index >= 15 is 0 Å². The van der Waals surface area contributed by atoms with Crippen molar-refractivity contribution in [1.82, 2.24) is 4.98 Å². The van der Waals surface area contributed by atoms with Crippen LogP contribution in [0, 0.1) is 6.92 Å². The van der Waals surface area contributed by atoms with Crippen molar-refractivity contribution in [3.63, 3.8) is 0 Å². The van der Waals surface area contributed by atoms with Gasteiger partial charge in [-0.05, 0) is 67.3 Å². The highest BCUT2D eigenvalue weighted by Gasteiger charge is 2.04. The quantitative estimate of drug-likeness (QED) is 0.827. The number of pyridine rings is 1. The molecule has 1 aromatic carbocycles. The Morgan fingerprint density at radius 1 is 1.13 bits per heavy atom. The van der Waals surface area contributed by atoms with Crippen LogP contribution in [0.3, 0.4) is 0 Å². The number of ether oxygens (including phenoxy) is 1. The molecule has 3 rings (SSSR count). The predicted octanol–water partition coefficient (Wildman–Crippen LogP) is 3.67. The van der Waals surface area contributed by atoms with Crippen molar-refractivity contribution in [3.8, 4) is 5.75 Å². The molecule has 0 unspecified atom stereocenters. The Morgan fingerprint density at radius 3 is 2.70 bits per heavy atom. The highest BCUT2D eigenvalue weighted by molar-refractivity contribution is 5.60. The van der Waals surface area contributed by atoms with E-state index in [4.69, 9.17) is 9.72 Å². The lowest BCUT2D eigenvalue weighted by Crippen LogP contribution is -2.31. The van der Waals surface area contributed by atoms with Crippen LogP contribution in [0.4, 0.5) is 11.5 Å². The second kappa shape index (κ2) is 7.32. The minimum absolute atomic E-state index is 0.779. The topological polar surface area (TPSA) is 34.1 Å². The molecule has 0 atom stereocenters. The van der Waals surface area contributed by atoms with Gasteiger partial charge >= 0.3 is 0 Å². The minimum atomic E-state index is 0.779. The van der Waals surface area contributed by atoms with E-state index in [1.807, 2.05) is 24.3 Å². The second-order valence-corrected chi connectivity index (χ2v) is 5.97. The first-order chi connectivity index (χ1) is 11.3. The smallest absolute Gasteiger partial charge is 0.133 e. The Labute approximate surface area is 137 Å². The molecule has 0 spiro atoms. The summed E-state index contributed by atoms with van der Waals surface area (Å²) in [7, 11) is 0. The number of hydrogen-bond donors (Lipinski definition) is 1. The van der Waals surface area contributed by atoms with Gasteiger partial charge in [-0.3, -0.25) is 0 Å². The van der Waals surface area contributed by atoms with Gasteiger partial charge in [-0.1, -0.05) is 25.5 Å². The van der Waals surface area contributed by atoms with E-state index in [0.717, 1.165) is 54.9 Å². The molecule has 1 heterocycles. The molecule has 1 aromatic heterocycles. The first kappa shape index (κ1) is 15.6. The highest BCUT2D eigenvalue weighted by atomic mass is 16.5. The zero-order chi connectivity index (χ0) is 16.1. The maximum atomic E-state index is 5.70. The average molecular weight is 308 g/mol. The Bertz CT molecular complexity index is 779. The Morgan fingerprint density at radius 2 is 1.91 bits per heavy atom. The standard InChI is InChI=1S/C20H24N2O/c1-3-4-13-23-18-11-9-17(10-12-18)21-20-15(2)14-16-7-5-6-8-19(16)22-20/h7-12,14H,3-6,13H2,1-2H3,(H,21,22). The molecule has 1 N–H and O–H groups in total. The Kier molecular flexibility index (Phi) is 4.96. The molecule has 1 aliphatic rings. The first-order valence-corrected chi connectivity index (χ1v) is 8.44. The third-order valence-electron chi connectivity index (χ3n) is 4.03. The largest absolute Gasteiger partial charge is 0.494 e. The fourth-order valence-corrected chi connectivity index (χ4v) is 2.67. The third kappa shape index (κ3) is 3.92. The molecule has 0 saturated carbocycles. The second-order valence-electron chi connectivity index (χ2n) is 5.97. The lowest BCUT2D eigenvalue weighted by atomic mass is 10.1. The molecule has 0 bridgehead atoms. The summed E-state index contributed by atoms with van der Waals surface area (Å²) in [6, 6.07) is 10.3. The summed E-state index contributed by atoms with van der Waals surface area (Å²) in [5.74, 6) is 1.84. The number of nitrogens with zero attached hydrogens (tertiary/aromatic N) is 1. The van der Waals surface area contributed by atoms with Gasteiger partial charge in [0.25, 0.3) is 0 Å². The third-order valence-corrected chi connectivity index (χ3v) is 4.03. The lowest BCUT2D eigenvalue weighted by Gasteiger charge is -2.11. The van der Waals surface area contributed by atoms with Crippen molar-refractivity contribution in [2.45, 2.75) is 39.5 Å². The normalized spacial score (nSPS) is 12.8. The zero-order valence-corrected chi connectivity index (χ0v) is 13.9.